The first-order chi connectivity index (χ1) is 6.05. The van der Waals surface area contributed by atoms with Gasteiger partial charge in [-0.25, -0.2) is 0 Å². The Labute approximate surface area is 81.3 Å². The van der Waals surface area contributed by atoms with Crippen molar-refractivity contribution in [3.05, 3.63) is 0 Å². The molecular formula is C11H22O2. The zero-order chi connectivity index (χ0) is 9.90. The van der Waals surface area contributed by atoms with Crippen molar-refractivity contribution in [2.75, 3.05) is 7.11 Å². The number of ether oxygens (including phenoxy) is 1. The van der Waals surface area contributed by atoms with E-state index in [2.05, 4.69) is 13.8 Å². The molecule has 0 aromatic carbocycles. The molecule has 1 aliphatic rings. The fourth-order valence-corrected chi connectivity index (χ4v) is 1.56. The molecule has 0 radical (unpaired) electrons. The van der Waals surface area contributed by atoms with E-state index < -0.39 is 0 Å². The molecule has 2 heteroatoms. The van der Waals surface area contributed by atoms with Gasteiger partial charge in [-0.3, -0.25) is 0 Å². The maximum absolute atomic E-state index is 9.62. The first kappa shape index (κ1) is 11.0. The normalized spacial score (nSPS) is 20.3. The Morgan fingerprint density at radius 1 is 1.46 bits per heavy atom. The molecule has 1 N–H and O–H groups in total. The van der Waals surface area contributed by atoms with Gasteiger partial charge in [0.2, 0.25) is 0 Å². The average Bonchev–Trinajstić information content (AvgIpc) is 2.86. The minimum atomic E-state index is -0.0485. The Morgan fingerprint density at radius 2 is 2.08 bits per heavy atom. The fourth-order valence-electron chi connectivity index (χ4n) is 1.56. The fraction of sp³-hybridized carbons (Fsp3) is 1.00. The summed E-state index contributed by atoms with van der Waals surface area (Å²) in [7, 11) is 1.75. The topological polar surface area (TPSA) is 29.5 Å². The smallest absolute Gasteiger partial charge is 0.0622 e. The molecule has 1 saturated carbocycles. The van der Waals surface area contributed by atoms with E-state index in [1.165, 1.54) is 12.8 Å². The lowest BCUT2D eigenvalue weighted by atomic mass is 9.98. The van der Waals surface area contributed by atoms with E-state index in [9.17, 15) is 5.11 Å². The minimum absolute atomic E-state index is 0.0245. The van der Waals surface area contributed by atoms with E-state index in [1.807, 2.05) is 0 Å². The van der Waals surface area contributed by atoms with Gasteiger partial charge in [-0.05, 0) is 51.9 Å². The highest BCUT2D eigenvalue weighted by molar-refractivity contribution is 4.81. The Kier molecular flexibility index (Phi) is 3.74. The van der Waals surface area contributed by atoms with Crippen LogP contribution in [0.3, 0.4) is 0 Å². The summed E-state index contributed by atoms with van der Waals surface area (Å²) in [6, 6.07) is 0. The molecule has 1 aliphatic carbocycles. The third-order valence-electron chi connectivity index (χ3n) is 3.00. The highest BCUT2D eigenvalue weighted by atomic mass is 16.5. The first-order valence-electron chi connectivity index (χ1n) is 5.28. The number of hydrogen-bond donors (Lipinski definition) is 1. The second-order valence-corrected chi connectivity index (χ2v) is 4.76. The summed E-state index contributed by atoms with van der Waals surface area (Å²) in [5.41, 5.74) is -0.0245. The predicted molar refractivity (Wildman–Crippen MR) is 53.7 cm³/mol. The quantitative estimate of drug-likeness (QED) is 0.690. The minimum Gasteiger partial charge on any atom is -0.393 e. The van der Waals surface area contributed by atoms with Crippen LogP contribution in [-0.4, -0.2) is 23.9 Å². The summed E-state index contributed by atoms with van der Waals surface area (Å²) in [4.78, 5) is 0. The van der Waals surface area contributed by atoms with Crippen LogP contribution >= 0.6 is 0 Å². The van der Waals surface area contributed by atoms with Gasteiger partial charge in [0, 0.05) is 7.11 Å². The lowest BCUT2D eigenvalue weighted by molar-refractivity contribution is 0.00999. The van der Waals surface area contributed by atoms with Crippen LogP contribution in [0, 0.1) is 5.92 Å². The number of hydrogen-bond acceptors (Lipinski definition) is 2. The van der Waals surface area contributed by atoms with Crippen molar-refractivity contribution in [3.8, 4) is 0 Å². The third kappa shape index (κ3) is 4.10. The Morgan fingerprint density at radius 3 is 2.54 bits per heavy atom. The van der Waals surface area contributed by atoms with Gasteiger partial charge in [-0.15, -0.1) is 0 Å². The molecule has 0 saturated heterocycles. The molecule has 0 aromatic heterocycles. The number of methoxy groups -OCH3 is 1. The van der Waals surface area contributed by atoms with E-state index in [-0.39, 0.29) is 11.7 Å². The van der Waals surface area contributed by atoms with E-state index in [4.69, 9.17) is 4.74 Å². The first-order valence-corrected chi connectivity index (χ1v) is 5.28. The van der Waals surface area contributed by atoms with Crippen molar-refractivity contribution in [3.63, 3.8) is 0 Å². The molecule has 13 heavy (non-hydrogen) atoms. The number of aliphatic hydroxyl groups is 1. The van der Waals surface area contributed by atoms with Crippen LogP contribution in [0.15, 0.2) is 0 Å². The van der Waals surface area contributed by atoms with Crippen molar-refractivity contribution in [1.82, 2.24) is 0 Å². The van der Waals surface area contributed by atoms with Crippen LogP contribution in [0.2, 0.25) is 0 Å². The maximum atomic E-state index is 9.62. The molecule has 1 unspecified atom stereocenters. The van der Waals surface area contributed by atoms with Gasteiger partial charge < -0.3 is 9.84 Å². The van der Waals surface area contributed by atoms with E-state index in [1.54, 1.807) is 7.11 Å². The maximum Gasteiger partial charge on any atom is 0.0622 e. The second kappa shape index (κ2) is 4.43. The second-order valence-electron chi connectivity index (χ2n) is 4.76. The van der Waals surface area contributed by atoms with Crippen molar-refractivity contribution in [2.45, 2.75) is 57.7 Å². The predicted octanol–water partition coefficient (Wildman–Crippen LogP) is 2.35. The van der Waals surface area contributed by atoms with Crippen LogP contribution < -0.4 is 0 Å². The van der Waals surface area contributed by atoms with Gasteiger partial charge in [0.1, 0.15) is 0 Å². The zero-order valence-electron chi connectivity index (χ0n) is 9.05. The van der Waals surface area contributed by atoms with Crippen molar-refractivity contribution in [2.24, 2.45) is 5.92 Å². The molecule has 1 atom stereocenters. The van der Waals surface area contributed by atoms with Crippen LogP contribution in [0.4, 0.5) is 0 Å². The SMILES string of the molecule is COC(C)(C)CCCC(O)C1CC1. The van der Waals surface area contributed by atoms with E-state index in [0.717, 1.165) is 19.3 Å². The molecule has 2 nitrogen and oxygen atoms in total. The van der Waals surface area contributed by atoms with Crippen molar-refractivity contribution in [1.29, 1.82) is 0 Å². The van der Waals surface area contributed by atoms with Gasteiger partial charge in [-0.1, -0.05) is 0 Å². The lowest BCUT2D eigenvalue weighted by Crippen LogP contribution is -2.23. The van der Waals surface area contributed by atoms with Crippen molar-refractivity contribution < 1.29 is 9.84 Å². The molecule has 0 amide bonds. The Hall–Kier alpha value is -0.0800. The van der Waals surface area contributed by atoms with Gasteiger partial charge in [0.05, 0.1) is 11.7 Å². The van der Waals surface area contributed by atoms with Gasteiger partial charge in [-0.2, -0.15) is 0 Å². The van der Waals surface area contributed by atoms with Gasteiger partial charge in [0.25, 0.3) is 0 Å². The molecule has 1 fully saturated rings. The molecule has 1 rings (SSSR count). The van der Waals surface area contributed by atoms with Crippen LogP contribution in [-0.2, 0) is 4.74 Å². The van der Waals surface area contributed by atoms with Crippen LogP contribution in [0.25, 0.3) is 0 Å². The molecule has 78 valence electrons. The molecule has 0 bridgehead atoms. The van der Waals surface area contributed by atoms with E-state index in [0.29, 0.717) is 5.92 Å². The average molecular weight is 186 g/mol. The van der Waals surface area contributed by atoms with Crippen LogP contribution in [0.1, 0.15) is 46.0 Å². The lowest BCUT2D eigenvalue weighted by Gasteiger charge is -2.23. The van der Waals surface area contributed by atoms with Crippen molar-refractivity contribution >= 4 is 0 Å². The molecule has 0 aliphatic heterocycles. The summed E-state index contributed by atoms with van der Waals surface area (Å²) in [6.07, 6.45) is 5.46. The number of rotatable bonds is 6. The standard InChI is InChI=1S/C11H22O2/c1-11(2,13-3)8-4-5-10(12)9-6-7-9/h9-10,12H,4-8H2,1-3H3. The largest absolute Gasteiger partial charge is 0.393 e. The zero-order valence-corrected chi connectivity index (χ0v) is 9.05. The highest BCUT2D eigenvalue weighted by Gasteiger charge is 2.29. The summed E-state index contributed by atoms with van der Waals surface area (Å²) in [5, 5.41) is 9.62. The van der Waals surface area contributed by atoms with Gasteiger partial charge in [0.15, 0.2) is 0 Å². The van der Waals surface area contributed by atoms with E-state index >= 15 is 0 Å². The highest BCUT2D eigenvalue weighted by Crippen LogP contribution is 2.34. The number of aliphatic hydroxyl groups excluding tert-OH is 1. The van der Waals surface area contributed by atoms with Gasteiger partial charge >= 0.3 is 0 Å². The molecular weight excluding hydrogens is 164 g/mol. The Bertz CT molecular complexity index is 150. The summed E-state index contributed by atoms with van der Waals surface area (Å²) < 4.78 is 5.31. The third-order valence-corrected chi connectivity index (χ3v) is 3.00. The summed E-state index contributed by atoms with van der Waals surface area (Å²) >= 11 is 0. The van der Waals surface area contributed by atoms with Crippen LogP contribution in [0.5, 0.6) is 0 Å². The summed E-state index contributed by atoms with van der Waals surface area (Å²) in [6.45, 7) is 4.19. The molecule has 0 aromatic rings. The monoisotopic (exact) mass is 186 g/mol. The summed E-state index contributed by atoms with van der Waals surface area (Å²) in [5.74, 6) is 0.616. The molecule has 0 spiro atoms. The molecule has 0 heterocycles. The Balaban J connectivity index is 2.05.